The average Bonchev–Trinajstić information content (AvgIpc) is 3.25. The highest BCUT2D eigenvalue weighted by atomic mass is 32.2. The molecule has 0 aromatic carbocycles. The minimum Gasteiger partial charge on any atom is -0.384 e. The summed E-state index contributed by atoms with van der Waals surface area (Å²) >= 11 is 1.22. The first-order valence-electron chi connectivity index (χ1n) is 10.9. The van der Waals surface area contributed by atoms with Crippen molar-refractivity contribution in [3.05, 3.63) is 50.9 Å². The molecule has 2 atom stereocenters. The van der Waals surface area contributed by atoms with E-state index in [-0.39, 0.29) is 23.2 Å². The summed E-state index contributed by atoms with van der Waals surface area (Å²) in [5.41, 5.74) is 5.35. The normalized spacial score (nSPS) is 18.4. The number of nitrogens with zero attached hydrogens (tertiary/aromatic N) is 6. The van der Waals surface area contributed by atoms with Crippen molar-refractivity contribution >= 4 is 23.4 Å². The molecule has 11 heteroatoms. The Bertz CT molecular complexity index is 1300. The van der Waals surface area contributed by atoms with Crippen LogP contribution < -0.4 is 17.0 Å². The highest BCUT2D eigenvalue weighted by molar-refractivity contribution is 7.99. The van der Waals surface area contributed by atoms with Crippen LogP contribution in [-0.2, 0) is 14.1 Å². The maximum absolute atomic E-state index is 13.0. The molecule has 3 heterocycles. The molecule has 4 rings (SSSR count). The van der Waals surface area contributed by atoms with Crippen molar-refractivity contribution in [1.82, 2.24) is 28.9 Å². The van der Waals surface area contributed by atoms with Crippen molar-refractivity contribution in [3.8, 4) is 11.4 Å². The number of rotatable bonds is 6. The van der Waals surface area contributed by atoms with E-state index in [1.165, 1.54) is 32.3 Å². The van der Waals surface area contributed by atoms with Gasteiger partial charge in [0.2, 0.25) is 0 Å². The molecule has 0 aliphatic heterocycles. The van der Waals surface area contributed by atoms with Gasteiger partial charge in [-0.2, -0.15) is 0 Å². The summed E-state index contributed by atoms with van der Waals surface area (Å²) in [5.74, 6) is 0.514. The van der Waals surface area contributed by atoms with Crippen molar-refractivity contribution in [2.24, 2.45) is 20.0 Å². The predicted octanol–water partition coefficient (Wildman–Crippen LogP) is 2.05. The van der Waals surface area contributed by atoms with Crippen molar-refractivity contribution in [2.75, 3.05) is 11.5 Å². The van der Waals surface area contributed by atoms with Crippen molar-refractivity contribution in [2.45, 2.75) is 43.8 Å². The van der Waals surface area contributed by atoms with E-state index in [1.807, 2.05) is 12.1 Å². The minimum atomic E-state index is -0.695. The molecule has 0 unspecified atom stereocenters. The molecule has 1 aliphatic carbocycles. The maximum Gasteiger partial charge on any atom is 0.332 e. The van der Waals surface area contributed by atoms with Gasteiger partial charge in [0.05, 0.1) is 5.75 Å². The number of anilines is 1. The van der Waals surface area contributed by atoms with Gasteiger partial charge in [-0.05, 0) is 30.9 Å². The van der Waals surface area contributed by atoms with E-state index in [0.717, 1.165) is 34.0 Å². The predicted molar refractivity (Wildman–Crippen MR) is 126 cm³/mol. The number of hydrogen-bond donors (Lipinski definition) is 1. The molecule has 174 valence electrons. The van der Waals surface area contributed by atoms with Crippen molar-refractivity contribution < 1.29 is 4.79 Å². The number of nitrogen functional groups attached to an aromatic ring is 1. The number of hydrogen-bond acceptors (Lipinski definition) is 8. The second-order valence-electron chi connectivity index (χ2n) is 8.42. The zero-order valence-corrected chi connectivity index (χ0v) is 19.7. The molecular formula is C22H27N7O3S. The maximum atomic E-state index is 13.0. The molecule has 1 saturated carbocycles. The van der Waals surface area contributed by atoms with Gasteiger partial charge in [0.15, 0.2) is 16.8 Å². The van der Waals surface area contributed by atoms with Crippen LogP contribution in [0, 0.1) is 5.92 Å². The second kappa shape index (κ2) is 9.34. The van der Waals surface area contributed by atoms with Gasteiger partial charge in [0, 0.05) is 38.1 Å². The summed E-state index contributed by atoms with van der Waals surface area (Å²) < 4.78 is 4.11. The Morgan fingerprint density at radius 1 is 1.18 bits per heavy atom. The van der Waals surface area contributed by atoms with Gasteiger partial charge < -0.3 is 5.73 Å². The highest BCUT2D eigenvalue weighted by Gasteiger charge is 2.29. The second-order valence-corrected chi connectivity index (χ2v) is 9.37. The third kappa shape index (κ3) is 4.24. The van der Waals surface area contributed by atoms with Gasteiger partial charge in [0.1, 0.15) is 11.4 Å². The number of Topliss-reactive ketones (excluding diaryl/α,β-unsaturated/α-hetero) is 1. The lowest BCUT2D eigenvalue weighted by molar-refractivity contribution is 0.102. The third-order valence-electron chi connectivity index (χ3n) is 6.30. The quantitative estimate of drug-likeness (QED) is 0.429. The number of pyridine rings is 1. The zero-order chi connectivity index (χ0) is 23.7. The van der Waals surface area contributed by atoms with Crippen molar-refractivity contribution in [1.29, 1.82) is 0 Å². The Labute approximate surface area is 194 Å². The van der Waals surface area contributed by atoms with Crippen molar-refractivity contribution in [3.63, 3.8) is 0 Å². The van der Waals surface area contributed by atoms with Crippen LogP contribution in [-0.4, -0.2) is 40.4 Å². The molecule has 0 bridgehead atoms. The van der Waals surface area contributed by atoms with Gasteiger partial charge in [0.25, 0.3) is 5.56 Å². The minimum absolute atomic E-state index is 0.0517. The monoisotopic (exact) mass is 469 g/mol. The molecule has 10 nitrogen and oxygen atoms in total. The first-order valence-corrected chi connectivity index (χ1v) is 11.9. The lowest BCUT2D eigenvalue weighted by Gasteiger charge is -2.31. The Kier molecular flexibility index (Phi) is 6.50. The van der Waals surface area contributed by atoms with Crippen LogP contribution in [0.2, 0.25) is 0 Å². The Balaban J connectivity index is 1.68. The molecule has 1 aliphatic rings. The summed E-state index contributed by atoms with van der Waals surface area (Å²) in [6.45, 7) is 2.23. The van der Waals surface area contributed by atoms with Crippen LogP contribution in [0.4, 0.5) is 5.82 Å². The van der Waals surface area contributed by atoms with Crippen LogP contribution in [0.5, 0.6) is 0 Å². The number of thioether (sulfide) groups is 1. The number of carbonyl (C=O) groups excluding carboxylic acids is 1. The average molecular weight is 470 g/mol. The summed E-state index contributed by atoms with van der Waals surface area (Å²) in [5, 5.41) is 9.43. The number of ketones is 1. The molecule has 33 heavy (non-hydrogen) atoms. The Hall–Kier alpha value is -3.21. The topological polar surface area (TPSA) is 131 Å². The van der Waals surface area contributed by atoms with E-state index >= 15 is 0 Å². The van der Waals surface area contributed by atoms with Crippen LogP contribution >= 0.6 is 11.8 Å². The number of aromatic nitrogens is 6. The lowest BCUT2D eigenvalue weighted by Crippen LogP contribution is -2.41. The molecule has 0 spiro atoms. The lowest BCUT2D eigenvalue weighted by atomic mass is 9.85. The standard InChI is InChI=1S/C22H27N7O3S/c1-13-7-4-5-9-15(13)29-19(14-8-6-10-24-11-14)25-26-21(29)33-12-16(30)17-18(23)27(2)22(32)28(3)20(17)31/h6,8,10-11,13,15H,4-5,7,9,12,23H2,1-3H3/t13-,15-/m1/s1. The molecule has 3 aromatic rings. The van der Waals surface area contributed by atoms with Gasteiger partial charge >= 0.3 is 5.69 Å². The van der Waals surface area contributed by atoms with E-state index in [9.17, 15) is 14.4 Å². The summed E-state index contributed by atoms with van der Waals surface area (Å²) in [6, 6.07) is 4.00. The van der Waals surface area contributed by atoms with E-state index in [0.29, 0.717) is 16.9 Å². The molecule has 0 radical (unpaired) electrons. The number of carbonyl (C=O) groups is 1. The number of nitrogens with two attached hydrogens (primary N) is 1. The van der Waals surface area contributed by atoms with Gasteiger partial charge in [-0.3, -0.25) is 28.3 Å². The summed E-state index contributed by atoms with van der Waals surface area (Å²) in [7, 11) is 2.76. The van der Waals surface area contributed by atoms with E-state index in [4.69, 9.17) is 5.73 Å². The third-order valence-corrected chi connectivity index (χ3v) is 7.25. The van der Waals surface area contributed by atoms with Gasteiger partial charge in [-0.15, -0.1) is 10.2 Å². The SMILES string of the molecule is C[C@@H]1CCCC[C@H]1n1c(SCC(=O)c2c(N)n(C)c(=O)n(C)c2=O)nnc1-c1cccnc1. The molecule has 2 N–H and O–H groups in total. The molecule has 0 saturated heterocycles. The van der Waals surface area contributed by atoms with E-state index in [2.05, 4.69) is 26.7 Å². The fourth-order valence-corrected chi connectivity index (χ4v) is 5.23. The molecular weight excluding hydrogens is 442 g/mol. The molecule has 1 fully saturated rings. The fourth-order valence-electron chi connectivity index (χ4n) is 4.37. The molecule has 3 aromatic heterocycles. The van der Waals surface area contributed by atoms with E-state index < -0.39 is 17.0 Å². The van der Waals surface area contributed by atoms with Crippen LogP contribution in [0.1, 0.15) is 49.0 Å². The first kappa shape index (κ1) is 23.0. The van der Waals surface area contributed by atoms with Gasteiger partial charge in [-0.25, -0.2) is 4.79 Å². The highest BCUT2D eigenvalue weighted by Crippen LogP contribution is 2.38. The van der Waals surface area contributed by atoms with Crippen LogP contribution in [0.25, 0.3) is 11.4 Å². The summed E-state index contributed by atoms with van der Waals surface area (Å²) in [6.07, 6.45) is 7.89. The van der Waals surface area contributed by atoms with Gasteiger partial charge in [-0.1, -0.05) is 31.5 Å². The van der Waals surface area contributed by atoms with E-state index in [1.54, 1.807) is 12.4 Å². The first-order chi connectivity index (χ1) is 15.8. The smallest absolute Gasteiger partial charge is 0.332 e. The largest absolute Gasteiger partial charge is 0.384 e. The fraction of sp³-hybridized carbons (Fsp3) is 0.455. The molecule has 0 amide bonds. The van der Waals surface area contributed by atoms with Crippen LogP contribution in [0.15, 0.2) is 39.3 Å². The Morgan fingerprint density at radius 3 is 2.64 bits per heavy atom. The Morgan fingerprint density at radius 2 is 1.94 bits per heavy atom. The summed E-state index contributed by atoms with van der Waals surface area (Å²) in [4.78, 5) is 41.8. The van der Waals surface area contributed by atoms with Crippen LogP contribution in [0.3, 0.4) is 0 Å². The zero-order valence-electron chi connectivity index (χ0n) is 18.9.